The highest BCUT2D eigenvalue weighted by molar-refractivity contribution is 5.75. The van der Waals surface area contributed by atoms with Crippen LogP contribution in [0.4, 0.5) is 4.39 Å². The van der Waals surface area contributed by atoms with Crippen molar-refractivity contribution in [3.63, 3.8) is 0 Å². The van der Waals surface area contributed by atoms with Crippen molar-refractivity contribution in [1.82, 2.24) is 9.88 Å². The lowest BCUT2D eigenvalue weighted by Crippen LogP contribution is -2.58. The van der Waals surface area contributed by atoms with Crippen molar-refractivity contribution in [1.29, 1.82) is 0 Å². The van der Waals surface area contributed by atoms with Gasteiger partial charge < -0.3 is 20.1 Å². The molecule has 1 saturated heterocycles. The number of hydrogen-bond donors (Lipinski definition) is 1. The van der Waals surface area contributed by atoms with E-state index in [9.17, 15) is 4.39 Å². The zero-order valence-corrected chi connectivity index (χ0v) is 16.6. The summed E-state index contributed by atoms with van der Waals surface area (Å²) < 4.78 is 26.4. The Bertz CT molecular complexity index is 979. The van der Waals surface area contributed by atoms with Gasteiger partial charge in [0.15, 0.2) is 0 Å². The molecule has 1 aromatic carbocycles. The minimum absolute atomic E-state index is 0.0525. The predicted molar refractivity (Wildman–Crippen MR) is 108 cm³/mol. The van der Waals surface area contributed by atoms with E-state index in [-0.39, 0.29) is 18.0 Å². The normalized spacial score (nSPS) is 28.5. The lowest BCUT2D eigenvalue weighted by molar-refractivity contribution is -0.0313. The predicted octanol–water partition coefficient (Wildman–Crippen LogP) is 2.92. The maximum atomic E-state index is 14.3. The van der Waals surface area contributed by atoms with Gasteiger partial charge >= 0.3 is 0 Å². The molecule has 0 amide bonds. The van der Waals surface area contributed by atoms with Crippen LogP contribution in [0.1, 0.15) is 25.8 Å². The summed E-state index contributed by atoms with van der Waals surface area (Å²) in [6.45, 7) is 6.63. The lowest BCUT2D eigenvalue weighted by atomic mass is 9.71. The fourth-order valence-electron chi connectivity index (χ4n) is 4.90. The van der Waals surface area contributed by atoms with Gasteiger partial charge in [0, 0.05) is 42.4 Å². The summed E-state index contributed by atoms with van der Waals surface area (Å²) >= 11 is 0. The molecule has 0 saturated carbocycles. The van der Waals surface area contributed by atoms with Crippen LogP contribution in [0.25, 0.3) is 11.1 Å². The van der Waals surface area contributed by atoms with E-state index in [1.165, 1.54) is 6.20 Å². The van der Waals surface area contributed by atoms with Crippen molar-refractivity contribution >= 4 is 6.02 Å². The van der Waals surface area contributed by atoms with Crippen molar-refractivity contribution in [3.05, 3.63) is 48.0 Å². The van der Waals surface area contributed by atoms with Gasteiger partial charge in [-0.1, -0.05) is 6.07 Å². The van der Waals surface area contributed by atoms with Gasteiger partial charge in [-0.05, 0) is 50.1 Å². The van der Waals surface area contributed by atoms with E-state index in [2.05, 4.69) is 23.7 Å². The summed E-state index contributed by atoms with van der Waals surface area (Å²) in [6.07, 6.45) is 2.43. The molecule has 152 valence electrons. The largest absolute Gasteiger partial charge is 0.490 e. The van der Waals surface area contributed by atoms with Crippen molar-refractivity contribution in [3.8, 4) is 16.9 Å². The Kier molecular flexibility index (Phi) is 4.24. The number of nitrogens with zero attached hydrogens (tertiary/aromatic N) is 3. The Balaban J connectivity index is 1.64. The lowest BCUT2D eigenvalue weighted by Gasteiger charge is -2.49. The van der Waals surface area contributed by atoms with Crippen LogP contribution in [-0.4, -0.2) is 47.7 Å². The number of aromatic nitrogens is 1. The second-order valence-corrected chi connectivity index (χ2v) is 8.36. The zero-order valence-electron chi connectivity index (χ0n) is 16.6. The molecular formula is C22H25FN4O2. The van der Waals surface area contributed by atoms with Crippen LogP contribution in [0.15, 0.2) is 41.5 Å². The first-order valence-electron chi connectivity index (χ1n) is 10.1. The summed E-state index contributed by atoms with van der Waals surface area (Å²) in [5.41, 5.74) is 7.48. The third-order valence-corrected chi connectivity index (χ3v) is 6.47. The Hall–Kier alpha value is -2.67. The average molecular weight is 396 g/mol. The maximum absolute atomic E-state index is 14.3. The molecule has 29 heavy (non-hydrogen) atoms. The number of aliphatic imine (C=N–C) groups is 1. The topological polar surface area (TPSA) is 73.0 Å². The number of pyridine rings is 1. The molecule has 2 N–H and O–H groups in total. The standard InChI is InChI=1S/C22H25FN4O2/c1-13(2)27-9-7-19-17(11-27)22(12-28-21(24)26-22)16-10-14(5-6-18(16)29-19)15-4-3-8-25-20(15)23/h3-6,8,10,13,17,19H,7,9,11-12H2,1-2H3,(H2,24,26)/t17-,19-,22+/m0/s1. The van der Waals surface area contributed by atoms with Gasteiger partial charge in [-0.15, -0.1) is 0 Å². The molecule has 2 aromatic rings. The van der Waals surface area contributed by atoms with Crippen molar-refractivity contribution in [2.24, 2.45) is 16.6 Å². The number of fused-ring (bicyclic) bond motifs is 4. The number of likely N-dealkylation sites (tertiary alicyclic amines) is 1. The maximum Gasteiger partial charge on any atom is 0.283 e. The van der Waals surface area contributed by atoms with Crippen LogP contribution in [0, 0.1) is 11.9 Å². The fraction of sp³-hybridized carbons (Fsp3) is 0.455. The molecule has 4 heterocycles. The molecular weight excluding hydrogens is 371 g/mol. The number of hydrogen-bond acceptors (Lipinski definition) is 6. The minimum atomic E-state index is -0.620. The molecule has 3 aliphatic rings. The first-order valence-corrected chi connectivity index (χ1v) is 10.1. The Morgan fingerprint density at radius 3 is 2.90 bits per heavy atom. The van der Waals surface area contributed by atoms with Crippen LogP contribution in [0.3, 0.4) is 0 Å². The number of benzene rings is 1. The number of ether oxygens (including phenoxy) is 2. The minimum Gasteiger partial charge on any atom is -0.490 e. The summed E-state index contributed by atoms with van der Waals surface area (Å²) in [5, 5.41) is 0. The van der Waals surface area contributed by atoms with E-state index in [0.717, 1.165) is 36.4 Å². The van der Waals surface area contributed by atoms with E-state index < -0.39 is 11.5 Å². The number of halogens is 1. The zero-order chi connectivity index (χ0) is 20.2. The van der Waals surface area contributed by atoms with Gasteiger partial charge in [0.1, 0.15) is 24.0 Å². The molecule has 0 bridgehead atoms. The SMILES string of the molecule is CC(C)N1CC[C@@H]2Oc3ccc(-c4cccnc4F)cc3[C@]3(COC(N)=N3)[C@H]2C1. The highest BCUT2D eigenvalue weighted by Gasteiger charge is 2.55. The van der Waals surface area contributed by atoms with Crippen LogP contribution in [0.2, 0.25) is 0 Å². The van der Waals surface area contributed by atoms with Crippen molar-refractivity contribution in [2.45, 2.75) is 38.0 Å². The summed E-state index contributed by atoms with van der Waals surface area (Å²) in [6, 6.07) is 9.85. The van der Waals surface area contributed by atoms with Crippen LogP contribution in [-0.2, 0) is 10.3 Å². The van der Waals surface area contributed by atoms with E-state index in [1.54, 1.807) is 12.1 Å². The van der Waals surface area contributed by atoms with Gasteiger partial charge in [-0.25, -0.2) is 9.98 Å². The van der Waals surface area contributed by atoms with E-state index >= 15 is 0 Å². The molecule has 0 unspecified atom stereocenters. The van der Waals surface area contributed by atoms with Crippen LogP contribution in [0.5, 0.6) is 5.75 Å². The van der Waals surface area contributed by atoms with Crippen LogP contribution < -0.4 is 10.5 Å². The second-order valence-electron chi connectivity index (χ2n) is 8.36. The molecule has 7 heteroatoms. The average Bonchev–Trinajstić information content (AvgIpc) is 3.10. The van der Waals surface area contributed by atoms with Crippen LogP contribution >= 0.6 is 0 Å². The van der Waals surface area contributed by atoms with E-state index in [1.807, 2.05) is 18.2 Å². The number of nitrogens with two attached hydrogens (primary N) is 1. The monoisotopic (exact) mass is 396 g/mol. The van der Waals surface area contributed by atoms with Gasteiger partial charge in [0.05, 0.1) is 0 Å². The number of amidine groups is 1. The quantitative estimate of drug-likeness (QED) is 0.791. The van der Waals surface area contributed by atoms with Gasteiger partial charge in [0.2, 0.25) is 5.95 Å². The van der Waals surface area contributed by atoms with E-state index in [0.29, 0.717) is 18.2 Å². The first kappa shape index (κ1) is 18.4. The van der Waals surface area contributed by atoms with Gasteiger partial charge in [-0.2, -0.15) is 4.39 Å². The second kappa shape index (κ2) is 6.69. The Morgan fingerprint density at radius 2 is 2.17 bits per heavy atom. The van der Waals surface area contributed by atoms with E-state index in [4.69, 9.17) is 20.2 Å². The molecule has 0 aliphatic carbocycles. The first-order chi connectivity index (χ1) is 14.0. The smallest absolute Gasteiger partial charge is 0.283 e. The molecule has 3 aliphatic heterocycles. The summed E-state index contributed by atoms with van der Waals surface area (Å²) in [7, 11) is 0. The molecule has 5 rings (SSSR count). The Morgan fingerprint density at radius 1 is 1.31 bits per heavy atom. The molecule has 0 radical (unpaired) electrons. The highest BCUT2D eigenvalue weighted by Crippen LogP contribution is 2.51. The molecule has 1 aromatic heterocycles. The third-order valence-electron chi connectivity index (χ3n) is 6.47. The third kappa shape index (κ3) is 2.87. The molecule has 1 fully saturated rings. The number of piperidine rings is 1. The summed E-state index contributed by atoms with van der Waals surface area (Å²) in [4.78, 5) is 11.0. The summed E-state index contributed by atoms with van der Waals surface area (Å²) in [5.74, 6) is 0.394. The highest BCUT2D eigenvalue weighted by atomic mass is 19.1. The molecule has 6 nitrogen and oxygen atoms in total. The van der Waals surface area contributed by atoms with Crippen molar-refractivity contribution in [2.75, 3.05) is 19.7 Å². The number of rotatable bonds is 2. The molecule has 3 atom stereocenters. The van der Waals surface area contributed by atoms with Gasteiger partial charge in [0.25, 0.3) is 6.02 Å². The Labute approximate surface area is 169 Å². The van der Waals surface area contributed by atoms with Crippen molar-refractivity contribution < 1.29 is 13.9 Å². The molecule has 1 spiro atoms. The van der Waals surface area contributed by atoms with Gasteiger partial charge in [-0.3, -0.25) is 0 Å². The fourth-order valence-corrected chi connectivity index (χ4v) is 4.90.